The Morgan fingerprint density at radius 1 is 1.00 bits per heavy atom. The van der Waals surface area contributed by atoms with Gasteiger partial charge in [-0.15, -0.1) is 0 Å². The topological polar surface area (TPSA) is 91.7 Å². The predicted octanol–water partition coefficient (Wildman–Crippen LogP) is 3.73. The molecule has 1 aliphatic heterocycles. The second-order valence-corrected chi connectivity index (χ2v) is 11.0. The summed E-state index contributed by atoms with van der Waals surface area (Å²) in [6, 6.07) is 13.6. The Morgan fingerprint density at radius 3 is 2.34 bits per heavy atom. The van der Waals surface area contributed by atoms with E-state index in [9.17, 15) is 18.0 Å². The Balaban J connectivity index is 1.82. The number of nitrogens with zero attached hydrogens (tertiary/aromatic N) is 3. The maximum Gasteiger partial charge on any atom is 0.307 e. The van der Waals surface area contributed by atoms with Gasteiger partial charge in [0.25, 0.3) is 11.8 Å². The van der Waals surface area contributed by atoms with Crippen molar-refractivity contribution in [3.63, 3.8) is 0 Å². The Hall–Kier alpha value is -3.14. The summed E-state index contributed by atoms with van der Waals surface area (Å²) in [4.78, 5) is 28.2. The quantitative estimate of drug-likeness (QED) is 0.507. The molecule has 0 bridgehead atoms. The monoisotopic (exact) mass is 514 g/mol. The van der Waals surface area contributed by atoms with Gasteiger partial charge in [0.2, 0.25) is 0 Å². The molecule has 1 aromatic heterocycles. The van der Waals surface area contributed by atoms with Crippen LogP contribution in [0.1, 0.15) is 35.2 Å². The first-order valence-corrected chi connectivity index (χ1v) is 13.1. The van der Waals surface area contributed by atoms with Crippen LogP contribution in [-0.4, -0.2) is 60.6 Å². The van der Waals surface area contributed by atoms with Crippen molar-refractivity contribution >= 4 is 50.6 Å². The fraction of sp³-hybridized carbons (Fsp3) is 0.280. The fourth-order valence-electron chi connectivity index (χ4n) is 4.07. The van der Waals surface area contributed by atoms with Crippen molar-refractivity contribution in [1.82, 2.24) is 18.5 Å². The lowest BCUT2D eigenvalue weighted by Gasteiger charge is -2.27. The average molecular weight is 515 g/mol. The lowest BCUT2D eigenvalue weighted by Crippen LogP contribution is -2.41. The number of rotatable bonds is 6. The van der Waals surface area contributed by atoms with E-state index >= 15 is 0 Å². The molecule has 3 aromatic rings. The molecule has 8 nitrogen and oxygen atoms in total. The van der Waals surface area contributed by atoms with Crippen LogP contribution < -0.4 is 5.32 Å². The number of hydrogen-bond acceptors (Lipinski definition) is 4. The zero-order valence-corrected chi connectivity index (χ0v) is 21.1. The van der Waals surface area contributed by atoms with Gasteiger partial charge in [-0.1, -0.05) is 41.9 Å². The van der Waals surface area contributed by atoms with Crippen molar-refractivity contribution in [2.45, 2.75) is 19.3 Å². The first-order valence-electron chi connectivity index (χ1n) is 11.3. The zero-order chi connectivity index (χ0) is 25.2. The molecule has 1 aliphatic rings. The van der Waals surface area contributed by atoms with Crippen LogP contribution in [0.4, 0.5) is 0 Å². The fourth-order valence-corrected chi connectivity index (χ4v) is 5.29. The summed E-state index contributed by atoms with van der Waals surface area (Å²) in [6.45, 7) is 1.18. The average Bonchev–Trinajstić information content (AvgIpc) is 3.23. The highest BCUT2D eigenvalue weighted by atomic mass is 35.5. The largest absolute Gasteiger partial charge is 0.337 e. The van der Waals surface area contributed by atoms with E-state index in [2.05, 4.69) is 5.32 Å². The molecule has 2 heterocycles. The first kappa shape index (κ1) is 25.0. The third-order valence-electron chi connectivity index (χ3n) is 5.96. The molecule has 0 unspecified atom stereocenters. The van der Waals surface area contributed by atoms with Gasteiger partial charge < -0.3 is 10.2 Å². The van der Waals surface area contributed by atoms with Crippen LogP contribution in [-0.2, 0) is 15.0 Å². The number of halogens is 1. The van der Waals surface area contributed by atoms with E-state index in [1.54, 1.807) is 53.4 Å². The van der Waals surface area contributed by atoms with Crippen molar-refractivity contribution in [2.24, 2.45) is 0 Å². The Labute approximate surface area is 210 Å². The molecule has 184 valence electrons. The van der Waals surface area contributed by atoms with E-state index in [4.69, 9.17) is 11.6 Å². The number of carbonyl (C=O) groups is 2. The Bertz CT molecular complexity index is 1410. The summed E-state index contributed by atoms with van der Waals surface area (Å²) in [5, 5.41) is 3.63. The zero-order valence-electron chi connectivity index (χ0n) is 19.6. The van der Waals surface area contributed by atoms with Gasteiger partial charge in [0.1, 0.15) is 5.70 Å². The summed E-state index contributed by atoms with van der Waals surface area (Å²) in [5.74, 6) is -0.839. The van der Waals surface area contributed by atoms with E-state index < -0.39 is 16.1 Å². The Kier molecular flexibility index (Phi) is 7.30. The smallest absolute Gasteiger partial charge is 0.307 e. The van der Waals surface area contributed by atoms with Crippen LogP contribution in [0.5, 0.6) is 0 Å². The molecule has 4 rings (SSSR count). The molecule has 1 N–H and O–H groups in total. The molecule has 0 aliphatic carbocycles. The van der Waals surface area contributed by atoms with E-state index in [0.29, 0.717) is 29.6 Å². The summed E-state index contributed by atoms with van der Waals surface area (Å²) in [5.41, 5.74) is 1.26. The van der Waals surface area contributed by atoms with Gasteiger partial charge in [0.15, 0.2) is 0 Å². The molecule has 0 saturated carbocycles. The highest BCUT2D eigenvalue weighted by molar-refractivity contribution is 7.87. The molecular weight excluding hydrogens is 488 g/mol. The number of carbonyl (C=O) groups excluding carboxylic acids is 2. The number of fused-ring (bicyclic) bond motifs is 1. The normalized spacial score (nSPS) is 15.0. The van der Waals surface area contributed by atoms with Gasteiger partial charge in [0.05, 0.1) is 16.1 Å². The van der Waals surface area contributed by atoms with Gasteiger partial charge in [-0.2, -0.15) is 12.7 Å². The third-order valence-corrected chi connectivity index (χ3v) is 8.01. The second kappa shape index (κ2) is 10.2. The number of aromatic nitrogens is 1. The molecule has 0 atom stereocenters. The molecule has 0 spiro atoms. The van der Waals surface area contributed by atoms with E-state index in [-0.39, 0.29) is 22.2 Å². The predicted molar refractivity (Wildman–Crippen MR) is 137 cm³/mol. The minimum atomic E-state index is -3.81. The van der Waals surface area contributed by atoms with Gasteiger partial charge in [-0.25, -0.2) is 3.97 Å². The van der Waals surface area contributed by atoms with Crippen molar-refractivity contribution in [3.05, 3.63) is 76.6 Å². The van der Waals surface area contributed by atoms with Crippen molar-refractivity contribution in [2.75, 3.05) is 27.2 Å². The summed E-state index contributed by atoms with van der Waals surface area (Å²) in [6.07, 6.45) is 5.82. The molecule has 35 heavy (non-hydrogen) atoms. The maximum absolute atomic E-state index is 13.5. The van der Waals surface area contributed by atoms with Gasteiger partial charge in [-0.05, 0) is 43.5 Å². The minimum Gasteiger partial charge on any atom is -0.337 e. The van der Waals surface area contributed by atoms with Crippen molar-refractivity contribution in [1.29, 1.82) is 0 Å². The first-order chi connectivity index (χ1) is 16.7. The molecule has 1 saturated heterocycles. The summed E-state index contributed by atoms with van der Waals surface area (Å²) in [7, 11) is -0.904. The maximum atomic E-state index is 13.5. The van der Waals surface area contributed by atoms with Crippen molar-refractivity contribution < 1.29 is 18.0 Å². The standard InChI is InChI=1S/C25H27ClN4O4S/c1-28(2)35(33,34)30-17-18(19-10-5-7-13-23(19)30)16-22(25(32)29-14-8-3-9-15-29)27-24(31)20-11-4-6-12-21(20)26/h4-7,10-13,16-17H,3,8-9,14-15H2,1-2H3,(H,27,31)/b22-16-. The number of hydrogen-bond donors (Lipinski definition) is 1. The minimum absolute atomic E-state index is 0.0574. The number of nitrogens with one attached hydrogen (secondary N) is 1. The highest BCUT2D eigenvalue weighted by Crippen LogP contribution is 2.26. The van der Waals surface area contributed by atoms with E-state index in [1.165, 1.54) is 30.3 Å². The van der Waals surface area contributed by atoms with Crippen LogP contribution in [0.25, 0.3) is 17.0 Å². The lowest BCUT2D eigenvalue weighted by molar-refractivity contribution is -0.128. The second-order valence-electron chi connectivity index (χ2n) is 8.53. The van der Waals surface area contributed by atoms with Crippen LogP contribution in [0.15, 0.2) is 60.4 Å². The number of benzene rings is 2. The molecule has 2 amide bonds. The molecular formula is C25H27ClN4O4S. The molecule has 2 aromatic carbocycles. The summed E-state index contributed by atoms with van der Waals surface area (Å²) < 4.78 is 28.2. The van der Waals surface area contributed by atoms with E-state index in [1.807, 2.05) is 0 Å². The number of amides is 2. The van der Waals surface area contributed by atoms with Crippen LogP contribution in [0, 0.1) is 0 Å². The summed E-state index contributed by atoms with van der Waals surface area (Å²) >= 11 is 6.20. The van der Waals surface area contributed by atoms with Gasteiger partial charge in [-0.3, -0.25) is 9.59 Å². The molecule has 0 radical (unpaired) electrons. The highest BCUT2D eigenvalue weighted by Gasteiger charge is 2.25. The third kappa shape index (κ3) is 5.12. The lowest BCUT2D eigenvalue weighted by atomic mass is 10.1. The van der Waals surface area contributed by atoms with Gasteiger partial charge in [0, 0.05) is 44.3 Å². The SMILES string of the molecule is CN(C)S(=O)(=O)n1cc(/C=C(\NC(=O)c2ccccc2Cl)C(=O)N2CCCCC2)c2ccccc21. The number of para-hydroxylation sites is 1. The van der Waals surface area contributed by atoms with E-state index in [0.717, 1.165) is 23.6 Å². The van der Waals surface area contributed by atoms with Crippen LogP contribution in [0.3, 0.4) is 0 Å². The van der Waals surface area contributed by atoms with Gasteiger partial charge >= 0.3 is 10.2 Å². The van der Waals surface area contributed by atoms with Crippen molar-refractivity contribution in [3.8, 4) is 0 Å². The number of likely N-dealkylation sites (tertiary alicyclic amines) is 1. The molecule has 1 fully saturated rings. The van der Waals surface area contributed by atoms with Crippen LogP contribution in [0.2, 0.25) is 5.02 Å². The number of piperidine rings is 1. The Morgan fingerprint density at radius 2 is 1.66 bits per heavy atom. The van der Waals surface area contributed by atoms with Crippen LogP contribution >= 0.6 is 11.6 Å². The molecule has 10 heteroatoms.